The van der Waals surface area contributed by atoms with Gasteiger partial charge in [0.25, 0.3) is 0 Å². The van der Waals surface area contributed by atoms with E-state index < -0.39 is 0 Å². The van der Waals surface area contributed by atoms with Crippen LogP contribution >= 0.6 is 24.0 Å². The van der Waals surface area contributed by atoms with Gasteiger partial charge in [0.2, 0.25) is 0 Å². The van der Waals surface area contributed by atoms with Crippen molar-refractivity contribution in [1.29, 1.82) is 5.26 Å². The third-order valence-electron chi connectivity index (χ3n) is 4.20. The molecule has 0 aliphatic carbocycles. The maximum atomic E-state index is 14.0. The average Bonchev–Trinajstić information content (AvgIpc) is 2.67. The van der Waals surface area contributed by atoms with Crippen LogP contribution < -0.4 is 15.4 Å². The SMILES string of the molecule is CCNC(=NCc1cc(C#N)ccc1F)NC1CCOc2ccccc21.I. The van der Waals surface area contributed by atoms with Crippen molar-refractivity contribution in [3.8, 4) is 11.8 Å². The Labute approximate surface area is 175 Å². The highest BCUT2D eigenvalue weighted by molar-refractivity contribution is 14.0. The molecule has 7 heteroatoms. The quantitative estimate of drug-likeness (QED) is 0.396. The average molecular weight is 480 g/mol. The monoisotopic (exact) mass is 480 g/mol. The van der Waals surface area contributed by atoms with Gasteiger partial charge in [0.05, 0.1) is 30.8 Å². The van der Waals surface area contributed by atoms with Crippen molar-refractivity contribution >= 4 is 29.9 Å². The predicted octanol–water partition coefficient (Wildman–Crippen LogP) is 3.89. The second kappa shape index (κ2) is 10.1. The zero-order chi connectivity index (χ0) is 18.4. The molecule has 0 aromatic heterocycles. The molecule has 1 heterocycles. The second-order valence-corrected chi connectivity index (χ2v) is 5.99. The van der Waals surface area contributed by atoms with E-state index in [9.17, 15) is 4.39 Å². The number of guanidine groups is 1. The Bertz CT molecular complexity index is 850. The Hall–Kier alpha value is -2.34. The van der Waals surface area contributed by atoms with Crippen LogP contribution in [-0.4, -0.2) is 19.1 Å². The standard InChI is InChI=1S/C20H21FN4O.HI/c1-2-23-20(24-13-15-11-14(12-22)7-8-17(15)21)25-18-9-10-26-19-6-4-3-5-16(18)19;/h3-8,11,18H,2,9-10,13H2,1H3,(H2,23,24,25);1H. The van der Waals surface area contributed by atoms with E-state index in [0.29, 0.717) is 30.2 Å². The molecule has 0 spiro atoms. The highest BCUT2D eigenvalue weighted by Gasteiger charge is 2.21. The minimum atomic E-state index is -0.361. The third kappa shape index (κ3) is 5.32. The van der Waals surface area contributed by atoms with Gasteiger partial charge in [-0.15, -0.1) is 24.0 Å². The molecule has 0 fully saturated rings. The van der Waals surface area contributed by atoms with Crippen molar-refractivity contribution in [2.24, 2.45) is 4.99 Å². The number of benzene rings is 2. The van der Waals surface area contributed by atoms with Crippen molar-refractivity contribution in [2.75, 3.05) is 13.2 Å². The topological polar surface area (TPSA) is 69.4 Å². The molecule has 3 rings (SSSR count). The van der Waals surface area contributed by atoms with Crippen LogP contribution in [0.4, 0.5) is 4.39 Å². The van der Waals surface area contributed by atoms with Crippen molar-refractivity contribution in [3.63, 3.8) is 0 Å². The molecule has 1 unspecified atom stereocenters. The summed E-state index contributed by atoms with van der Waals surface area (Å²) in [5, 5.41) is 15.6. The van der Waals surface area contributed by atoms with E-state index in [-0.39, 0.29) is 42.4 Å². The molecule has 5 nitrogen and oxygen atoms in total. The number of para-hydroxylation sites is 1. The molecule has 0 saturated carbocycles. The minimum absolute atomic E-state index is 0. The zero-order valence-corrected chi connectivity index (χ0v) is 17.4. The van der Waals surface area contributed by atoms with Crippen LogP contribution in [0.2, 0.25) is 0 Å². The van der Waals surface area contributed by atoms with Gasteiger partial charge in [-0.05, 0) is 31.2 Å². The molecule has 0 amide bonds. The van der Waals surface area contributed by atoms with Crippen LogP contribution in [0.3, 0.4) is 0 Å². The van der Waals surface area contributed by atoms with Gasteiger partial charge in [-0.25, -0.2) is 9.38 Å². The lowest BCUT2D eigenvalue weighted by Crippen LogP contribution is -2.41. The number of rotatable bonds is 4. The van der Waals surface area contributed by atoms with E-state index >= 15 is 0 Å². The largest absolute Gasteiger partial charge is 0.493 e. The predicted molar refractivity (Wildman–Crippen MR) is 114 cm³/mol. The summed E-state index contributed by atoms with van der Waals surface area (Å²) in [7, 11) is 0. The molecule has 27 heavy (non-hydrogen) atoms. The first kappa shape index (κ1) is 21.0. The van der Waals surface area contributed by atoms with E-state index in [1.54, 1.807) is 0 Å². The van der Waals surface area contributed by atoms with Gasteiger partial charge in [-0.1, -0.05) is 18.2 Å². The Morgan fingerprint density at radius 3 is 2.93 bits per heavy atom. The first-order chi connectivity index (χ1) is 12.7. The van der Waals surface area contributed by atoms with Crippen molar-refractivity contribution in [3.05, 3.63) is 65.0 Å². The summed E-state index contributed by atoms with van der Waals surface area (Å²) in [5.41, 5.74) is 1.91. The molecule has 142 valence electrons. The van der Waals surface area contributed by atoms with Crippen LogP contribution in [0.5, 0.6) is 5.75 Å². The first-order valence-electron chi connectivity index (χ1n) is 8.66. The normalized spacial score (nSPS) is 15.6. The molecule has 1 aliphatic heterocycles. The van der Waals surface area contributed by atoms with Crippen molar-refractivity contribution in [1.82, 2.24) is 10.6 Å². The van der Waals surface area contributed by atoms with Crippen molar-refractivity contribution < 1.29 is 9.13 Å². The Morgan fingerprint density at radius 2 is 2.15 bits per heavy atom. The van der Waals surface area contributed by atoms with Crippen LogP contribution in [0.1, 0.15) is 36.1 Å². The molecule has 1 aliphatic rings. The lowest BCUT2D eigenvalue weighted by atomic mass is 10.0. The summed E-state index contributed by atoms with van der Waals surface area (Å²) in [6.45, 7) is 3.46. The number of hydrogen-bond donors (Lipinski definition) is 2. The molecule has 1 atom stereocenters. The van der Waals surface area contributed by atoms with Gasteiger partial charge >= 0.3 is 0 Å². The zero-order valence-electron chi connectivity index (χ0n) is 15.0. The lowest BCUT2D eigenvalue weighted by molar-refractivity contribution is 0.261. The summed E-state index contributed by atoms with van der Waals surface area (Å²) in [5.74, 6) is 1.12. The van der Waals surface area contributed by atoms with E-state index in [2.05, 4.69) is 15.6 Å². The lowest BCUT2D eigenvalue weighted by Gasteiger charge is -2.28. The van der Waals surface area contributed by atoms with Gasteiger partial charge in [-0.3, -0.25) is 0 Å². The molecule has 2 aromatic carbocycles. The first-order valence-corrected chi connectivity index (χ1v) is 8.66. The summed E-state index contributed by atoms with van der Waals surface area (Å²) < 4.78 is 19.6. The van der Waals surface area contributed by atoms with E-state index in [0.717, 1.165) is 17.7 Å². The van der Waals surface area contributed by atoms with Gasteiger partial charge in [-0.2, -0.15) is 5.26 Å². The Morgan fingerprint density at radius 1 is 1.33 bits per heavy atom. The number of hydrogen-bond acceptors (Lipinski definition) is 3. The van der Waals surface area contributed by atoms with E-state index in [1.807, 2.05) is 37.3 Å². The minimum Gasteiger partial charge on any atom is -0.493 e. The van der Waals surface area contributed by atoms with E-state index in [1.165, 1.54) is 18.2 Å². The number of halogens is 2. The summed E-state index contributed by atoms with van der Waals surface area (Å²) in [6, 6.07) is 14.3. The van der Waals surface area contributed by atoms with Crippen LogP contribution in [0.25, 0.3) is 0 Å². The number of nitrogens with zero attached hydrogens (tertiary/aromatic N) is 2. The van der Waals surface area contributed by atoms with Crippen LogP contribution in [0.15, 0.2) is 47.5 Å². The molecular formula is C20H22FIN4O. The van der Waals surface area contributed by atoms with Crippen LogP contribution in [0, 0.1) is 17.1 Å². The molecular weight excluding hydrogens is 458 g/mol. The van der Waals surface area contributed by atoms with Gasteiger partial charge < -0.3 is 15.4 Å². The summed E-state index contributed by atoms with van der Waals surface area (Å²) >= 11 is 0. The molecule has 2 aromatic rings. The van der Waals surface area contributed by atoms with Crippen LogP contribution in [-0.2, 0) is 6.54 Å². The number of nitrogens with one attached hydrogen (secondary N) is 2. The number of fused-ring (bicyclic) bond motifs is 1. The summed E-state index contributed by atoms with van der Waals surface area (Å²) in [6.07, 6.45) is 0.819. The molecule has 0 radical (unpaired) electrons. The van der Waals surface area contributed by atoms with Crippen molar-refractivity contribution in [2.45, 2.75) is 25.9 Å². The smallest absolute Gasteiger partial charge is 0.192 e. The van der Waals surface area contributed by atoms with Gasteiger partial charge in [0, 0.05) is 24.1 Å². The Kier molecular flexibility index (Phi) is 7.85. The highest BCUT2D eigenvalue weighted by atomic mass is 127. The van der Waals surface area contributed by atoms with Gasteiger partial charge in [0.15, 0.2) is 5.96 Å². The number of ether oxygens (including phenoxy) is 1. The Balaban J connectivity index is 0.00000261. The van der Waals surface area contributed by atoms with Gasteiger partial charge in [0.1, 0.15) is 11.6 Å². The second-order valence-electron chi connectivity index (χ2n) is 5.99. The molecule has 0 bridgehead atoms. The third-order valence-corrected chi connectivity index (χ3v) is 4.20. The fourth-order valence-electron chi connectivity index (χ4n) is 2.91. The number of nitriles is 1. The summed E-state index contributed by atoms with van der Waals surface area (Å²) in [4.78, 5) is 4.49. The highest BCUT2D eigenvalue weighted by Crippen LogP contribution is 2.31. The fourth-order valence-corrected chi connectivity index (χ4v) is 2.91. The maximum Gasteiger partial charge on any atom is 0.192 e. The maximum absolute atomic E-state index is 14.0. The van der Waals surface area contributed by atoms with E-state index in [4.69, 9.17) is 10.00 Å². The number of aliphatic imine (C=N–C) groups is 1. The molecule has 2 N–H and O–H groups in total. The fraction of sp³-hybridized carbons (Fsp3) is 0.300. The molecule has 0 saturated heterocycles.